The minimum absolute atomic E-state index is 0.0285. The number of primary amides is 1. The number of benzene rings is 2. The van der Waals surface area contributed by atoms with Crippen LogP contribution in [0.5, 0.6) is 5.75 Å². The number of nitrogens with two attached hydrogens (primary N) is 1. The van der Waals surface area contributed by atoms with Crippen molar-refractivity contribution in [3.63, 3.8) is 0 Å². The summed E-state index contributed by atoms with van der Waals surface area (Å²) in [6.45, 7) is 0.115. The molecule has 0 spiro atoms. The Morgan fingerprint density at radius 1 is 1.08 bits per heavy atom. The molecular weight excluding hydrogens is 466 g/mol. The molecule has 3 rings (SSSR count). The van der Waals surface area contributed by atoms with Crippen LogP contribution in [0.4, 0.5) is 0 Å². The fraction of sp³-hybridized carbons (Fsp3) is 0.407. The van der Waals surface area contributed by atoms with Crippen molar-refractivity contribution in [2.24, 2.45) is 17.6 Å². The van der Waals surface area contributed by atoms with Gasteiger partial charge in [0.1, 0.15) is 11.4 Å². The average molecular weight is 498 g/mol. The highest BCUT2D eigenvalue weighted by Gasteiger charge is 2.45. The van der Waals surface area contributed by atoms with Crippen molar-refractivity contribution in [3.05, 3.63) is 53.1 Å². The number of phenols is 1. The quantitative estimate of drug-likeness (QED) is 0.229. The average Bonchev–Trinajstić information content (AvgIpc) is 2.83. The van der Waals surface area contributed by atoms with E-state index in [1.54, 1.807) is 30.3 Å². The molecule has 0 fully saturated rings. The molecule has 1 amide bonds. The summed E-state index contributed by atoms with van der Waals surface area (Å²) in [4.78, 5) is 48.6. The van der Waals surface area contributed by atoms with Gasteiger partial charge in [0, 0.05) is 18.6 Å². The second-order valence-electron chi connectivity index (χ2n) is 9.41. The number of aliphatic hydroxyl groups is 3. The maximum Gasteiger partial charge on any atom is 0.224 e. The molecule has 2 aromatic rings. The summed E-state index contributed by atoms with van der Waals surface area (Å²) < 4.78 is 0. The van der Waals surface area contributed by atoms with Crippen LogP contribution in [-0.2, 0) is 16.0 Å². The van der Waals surface area contributed by atoms with Gasteiger partial charge in [0.25, 0.3) is 0 Å². The first-order chi connectivity index (χ1) is 17.0. The van der Waals surface area contributed by atoms with Crippen LogP contribution in [0.15, 0.2) is 36.4 Å². The molecule has 0 saturated carbocycles. The van der Waals surface area contributed by atoms with Crippen LogP contribution in [-0.4, -0.2) is 62.5 Å². The molecule has 2 aromatic carbocycles. The molecule has 0 saturated heterocycles. The topological polar surface area (TPSA) is 175 Å². The van der Waals surface area contributed by atoms with Crippen LogP contribution >= 0.6 is 0 Å². The van der Waals surface area contributed by atoms with Gasteiger partial charge in [-0.25, -0.2) is 0 Å². The van der Waals surface area contributed by atoms with Gasteiger partial charge in [-0.15, -0.1) is 0 Å². The van der Waals surface area contributed by atoms with Crippen LogP contribution in [0.2, 0.25) is 0 Å². The lowest BCUT2D eigenvalue weighted by Crippen LogP contribution is -2.51. The van der Waals surface area contributed by atoms with E-state index < -0.39 is 36.2 Å². The Morgan fingerprint density at radius 2 is 1.75 bits per heavy atom. The molecule has 0 aliphatic heterocycles. The molecule has 0 heterocycles. The zero-order valence-electron chi connectivity index (χ0n) is 20.1. The molecule has 6 N–H and O–H groups in total. The molecule has 1 aliphatic carbocycles. The van der Waals surface area contributed by atoms with Crippen molar-refractivity contribution in [1.29, 1.82) is 0 Å². The molecule has 9 heteroatoms. The van der Waals surface area contributed by atoms with Crippen LogP contribution in [0, 0.1) is 11.8 Å². The molecule has 36 heavy (non-hydrogen) atoms. The molecule has 0 aromatic heterocycles. The van der Waals surface area contributed by atoms with Gasteiger partial charge in [0.05, 0.1) is 18.6 Å². The normalized spacial score (nSPS) is 17.7. The molecule has 192 valence electrons. The fourth-order valence-electron chi connectivity index (χ4n) is 5.07. The minimum atomic E-state index is -2.30. The lowest BCUT2D eigenvalue weighted by atomic mass is 9.71. The molecule has 0 radical (unpaired) electrons. The van der Waals surface area contributed by atoms with Gasteiger partial charge in [-0.1, -0.05) is 30.3 Å². The summed E-state index contributed by atoms with van der Waals surface area (Å²) in [5, 5.41) is 40.9. The van der Waals surface area contributed by atoms with Crippen LogP contribution in [0.3, 0.4) is 0 Å². The predicted molar refractivity (Wildman–Crippen MR) is 130 cm³/mol. The van der Waals surface area contributed by atoms with E-state index in [2.05, 4.69) is 0 Å². The first kappa shape index (κ1) is 27.2. The Hall–Kier alpha value is -3.40. The third-order valence-corrected chi connectivity index (χ3v) is 6.97. The SMILES string of the molecule is CC(=O)c1ccc(-c2ccc(O)c3c2C[C@@H](C[C@@H](CCO)[C@](O)(CO)C(=O)CC(N)=O)CC3=O)cc1. The number of amides is 1. The highest BCUT2D eigenvalue weighted by molar-refractivity contribution is 6.03. The van der Waals surface area contributed by atoms with Crippen molar-refractivity contribution >= 4 is 23.3 Å². The summed E-state index contributed by atoms with van der Waals surface area (Å²) in [5.74, 6) is -3.74. The monoisotopic (exact) mass is 497 g/mol. The van der Waals surface area contributed by atoms with Crippen molar-refractivity contribution < 1.29 is 39.6 Å². The molecule has 0 bridgehead atoms. The van der Waals surface area contributed by atoms with Crippen molar-refractivity contribution in [3.8, 4) is 16.9 Å². The standard InChI is InChI=1S/C27H31NO8/c1-15(31)17-2-4-18(5-3-17)20-6-7-22(32)26-21(20)11-16(12-23(26)33)10-19(8-9-29)27(36,14-30)24(34)13-25(28)35/h2-7,16,19,29-30,32,36H,8-14H2,1H3,(H2,28,35)/t16-,19-,27-/m1/s1. The van der Waals surface area contributed by atoms with Gasteiger partial charge in [0.2, 0.25) is 5.91 Å². The second kappa shape index (κ2) is 11.1. The number of Topliss-reactive ketones (excluding diaryl/α,β-unsaturated/α-hetero) is 3. The summed E-state index contributed by atoms with van der Waals surface area (Å²) in [6, 6.07) is 10.0. The van der Waals surface area contributed by atoms with E-state index in [-0.39, 0.29) is 54.7 Å². The number of hydrogen-bond acceptors (Lipinski definition) is 8. The van der Waals surface area contributed by atoms with Crippen LogP contribution < -0.4 is 5.73 Å². The zero-order chi connectivity index (χ0) is 26.6. The van der Waals surface area contributed by atoms with E-state index in [1.807, 2.05) is 0 Å². The third kappa shape index (κ3) is 5.53. The lowest BCUT2D eigenvalue weighted by Gasteiger charge is -2.36. The first-order valence-electron chi connectivity index (χ1n) is 11.8. The number of hydrogen-bond donors (Lipinski definition) is 5. The largest absolute Gasteiger partial charge is 0.507 e. The highest BCUT2D eigenvalue weighted by atomic mass is 16.3. The Labute approximate surface area is 208 Å². The maximum atomic E-state index is 13.1. The van der Waals surface area contributed by atoms with E-state index >= 15 is 0 Å². The number of rotatable bonds is 11. The third-order valence-electron chi connectivity index (χ3n) is 6.97. The predicted octanol–water partition coefficient (Wildman–Crippen LogP) is 1.56. The summed E-state index contributed by atoms with van der Waals surface area (Å²) in [5.41, 5.74) is 5.60. The molecule has 0 unspecified atom stereocenters. The minimum Gasteiger partial charge on any atom is -0.507 e. The van der Waals surface area contributed by atoms with E-state index in [9.17, 15) is 39.6 Å². The number of phenolic OH excluding ortho intramolecular Hbond substituents is 1. The smallest absolute Gasteiger partial charge is 0.224 e. The number of carbonyl (C=O) groups excluding carboxylic acids is 4. The van der Waals surface area contributed by atoms with Gasteiger partial charge in [0.15, 0.2) is 17.3 Å². The van der Waals surface area contributed by atoms with E-state index in [4.69, 9.17) is 5.73 Å². The molecule has 9 nitrogen and oxygen atoms in total. The van der Waals surface area contributed by atoms with Crippen molar-refractivity contribution in [1.82, 2.24) is 0 Å². The Kier molecular flexibility index (Phi) is 8.39. The maximum absolute atomic E-state index is 13.1. The van der Waals surface area contributed by atoms with Gasteiger partial charge < -0.3 is 26.2 Å². The Bertz CT molecular complexity index is 1170. The number of carbonyl (C=O) groups is 4. The van der Waals surface area contributed by atoms with E-state index in [0.29, 0.717) is 23.1 Å². The van der Waals surface area contributed by atoms with Crippen LogP contribution in [0.1, 0.15) is 58.9 Å². The van der Waals surface area contributed by atoms with Gasteiger partial charge >= 0.3 is 0 Å². The Morgan fingerprint density at radius 3 is 2.31 bits per heavy atom. The van der Waals surface area contributed by atoms with Crippen LogP contribution in [0.25, 0.3) is 11.1 Å². The molecule has 1 aliphatic rings. The highest BCUT2D eigenvalue weighted by Crippen LogP contribution is 2.41. The number of aliphatic hydroxyl groups excluding tert-OH is 2. The van der Waals surface area contributed by atoms with Gasteiger partial charge in [-0.3, -0.25) is 19.2 Å². The molecule has 3 atom stereocenters. The summed E-state index contributed by atoms with van der Waals surface area (Å²) >= 11 is 0. The summed E-state index contributed by atoms with van der Waals surface area (Å²) in [6.07, 6.45) is -0.350. The number of fused-ring (bicyclic) bond motifs is 1. The number of ketones is 3. The van der Waals surface area contributed by atoms with E-state index in [0.717, 1.165) is 5.56 Å². The fourth-order valence-corrected chi connectivity index (χ4v) is 5.07. The van der Waals surface area contributed by atoms with E-state index in [1.165, 1.54) is 13.0 Å². The Balaban J connectivity index is 1.97. The van der Waals surface area contributed by atoms with Gasteiger partial charge in [-0.05, 0) is 60.8 Å². The first-order valence-corrected chi connectivity index (χ1v) is 11.8. The lowest BCUT2D eigenvalue weighted by molar-refractivity contribution is -0.153. The van der Waals surface area contributed by atoms with Crippen molar-refractivity contribution in [2.45, 2.75) is 44.6 Å². The summed E-state index contributed by atoms with van der Waals surface area (Å²) in [7, 11) is 0. The second-order valence-corrected chi connectivity index (χ2v) is 9.41. The molecular formula is C27H31NO8. The zero-order valence-corrected chi connectivity index (χ0v) is 20.1. The van der Waals surface area contributed by atoms with Crippen molar-refractivity contribution in [2.75, 3.05) is 13.2 Å². The number of aromatic hydroxyl groups is 1. The van der Waals surface area contributed by atoms with Gasteiger partial charge in [-0.2, -0.15) is 0 Å².